The largest absolute Gasteiger partial charge is 0.496 e. The Bertz CT molecular complexity index is 286. The first-order valence-corrected chi connectivity index (χ1v) is 5.66. The average molecular weight is 207 g/mol. The highest BCUT2D eigenvalue weighted by Gasteiger charge is 2.06. The molecule has 2 nitrogen and oxygen atoms in total. The van der Waals surface area contributed by atoms with Gasteiger partial charge in [0.1, 0.15) is 5.75 Å². The lowest BCUT2D eigenvalue weighted by molar-refractivity contribution is 0.275. The molecule has 0 heterocycles. The van der Waals surface area contributed by atoms with Crippen molar-refractivity contribution in [3.63, 3.8) is 0 Å². The molecule has 0 unspecified atom stereocenters. The van der Waals surface area contributed by atoms with E-state index in [1.54, 1.807) is 7.11 Å². The fourth-order valence-corrected chi connectivity index (χ4v) is 1.74. The molecule has 1 rings (SSSR count). The molecule has 0 aromatic heterocycles. The van der Waals surface area contributed by atoms with Crippen LogP contribution in [0.5, 0.6) is 5.75 Å². The zero-order chi connectivity index (χ0) is 11.1. The van der Waals surface area contributed by atoms with Gasteiger partial charge >= 0.3 is 0 Å². The summed E-state index contributed by atoms with van der Waals surface area (Å²) >= 11 is 0. The number of ether oxygens (including phenoxy) is 1. The molecule has 0 saturated carbocycles. The molecular formula is C13H21NO. The molecule has 1 aromatic rings. The zero-order valence-corrected chi connectivity index (χ0v) is 9.99. The van der Waals surface area contributed by atoms with Gasteiger partial charge in [-0.1, -0.05) is 32.0 Å². The molecule has 0 bridgehead atoms. The molecule has 0 aliphatic rings. The standard InChI is InChI=1S/C13H21NO/c1-4-10-14(5-2)11-12-8-6-7-9-13(12)15-3/h6-9H,4-5,10-11H2,1-3H3. The summed E-state index contributed by atoms with van der Waals surface area (Å²) in [6, 6.07) is 8.24. The van der Waals surface area contributed by atoms with Gasteiger partial charge in [0.15, 0.2) is 0 Å². The van der Waals surface area contributed by atoms with Gasteiger partial charge < -0.3 is 4.74 Å². The third-order valence-corrected chi connectivity index (χ3v) is 2.57. The van der Waals surface area contributed by atoms with E-state index in [9.17, 15) is 0 Å². The minimum atomic E-state index is 0.981. The number of rotatable bonds is 6. The van der Waals surface area contributed by atoms with E-state index in [0.29, 0.717) is 0 Å². The van der Waals surface area contributed by atoms with Gasteiger partial charge in [0.2, 0.25) is 0 Å². The third-order valence-electron chi connectivity index (χ3n) is 2.57. The Morgan fingerprint density at radius 1 is 1.20 bits per heavy atom. The fourth-order valence-electron chi connectivity index (χ4n) is 1.74. The van der Waals surface area contributed by atoms with E-state index in [1.165, 1.54) is 12.0 Å². The lowest BCUT2D eigenvalue weighted by Gasteiger charge is -2.20. The van der Waals surface area contributed by atoms with Crippen molar-refractivity contribution in [3.05, 3.63) is 29.8 Å². The highest BCUT2D eigenvalue weighted by molar-refractivity contribution is 5.33. The maximum atomic E-state index is 5.34. The SMILES string of the molecule is CCCN(CC)Cc1ccccc1OC. The summed E-state index contributed by atoms with van der Waals surface area (Å²) in [6.45, 7) is 7.63. The number of para-hydroxylation sites is 1. The van der Waals surface area contributed by atoms with E-state index >= 15 is 0 Å². The predicted octanol–water partition coefficient (Wildman–Crippen LogP) is 2.93. The van der Waals surface area contributed by atoms with Crippen molar-refractivity contribution in [1.82, 2.24) is 4.90 Å². The van der Waals surface area contributed by atoms with Gasteiger partial charge in [-0.05, 0) is 25.6 Å². The first-order valence-electron chi connectivity index (χ1n) is 5.66. The van der Waals surface area contributed by atoms with Gasteiger partial charge in [-0.25, -0.2) is 0 Å². The molecule has 0 aliphatic carbocycles. The number of methoxy groups -OCH3 is 1. The number of hydrogen-bond acceptors (Lipinski definition) is 2. The Morgan fingerprint density at radius 3 is 2.53 bits per heavy atom. The van der Waals surface area contributed by atoms with Gasteiger partial charge in [0, 0.05) is 12.1 Å². The normalized spacial score (nSPS) is 10.7. The molecule has 0 amide bonds. The summed E-state index contributed by atoms with van der Waals surface area (Å²) in [5, 5.41) is 0. The predicted molar refractivity (Wildman–Crippen MR) is 64.2 cm³/mol. The van der Waals surface area contributed by atoms with Crippen molar-refractivity contribution < 1.29 is 4.74 Å². The van der Waals surface area contributed by atoms with Crippen molar-refractivity contribution >= 4 is 0 Å². The smallest absolute Gasteiger partial charge is 0.123 e. The highest BCUT2D eigenvalue weighted by atomic mass is 16.5. The summed E-state index contributed by atoms with van der Waals surface area (Å²) in [4.78, 5) is 2.43. The second-order valence-electron chi connectivity index (χ2n) is 3.68. The van der Waals surface area contributed by atoms with Crippen LogP contribution < -0.4 is 4.74 Å². The molecular weight excluding hydrogens is 186 g/mol. The average Bonchev–Trinajstić information content (AvgIpc) is 2.29. The van der Waals surface area contributed by atoms with Crippen LogP contribution in [0.4, 0.5) is 0 Å². The van der Waals surface area contributed by atoms with Gasteiger partial charge in [-0.15, -0.1) is 0 Å². The van der Waals surface area contributed by atoms with Crippen molar-refractivity contribution in [2.75, 3.05) is 20.2 Å². The minimum absolute atomic E-state index is 0.981. The van der Waals surface area contributed by atoms with Gasteiger partial charge in [-0.2, -0.15) is 0 Å². The van der Waals surface area contributed by atoms with Crippen molar-refractivity contribution in [1.29, 1.82) is 0 Å². The Labute approximate surface area is 92.9 Å². The lowest BCUT2D eigenvalue weighted by Crippen LogP contribution is -2.23. The summed E-state index contributed by atoms with van der Waals surface area (Å²) in [6.07, 6.45) is 1.20. The second kappa shape index (κ2) is 6.46. The summed E-state index contributed by atoms with van der Waals surface area (Å²) < 4.78 is 5.34. The van der Waals surface area contributed by atoms with Crippen LogP contribution in [-0.4, -0.2) is 25.1 Å². The van der Waals surface area contributed by atoms with Gasteiger partial charge in [-0.3, -0.25) is 4.90 Å². The topological polar surface area (TPSA) is 12.5 Å². The van der Waals surface area contributed by atoms with E-state index in [4.69, 9.17) is 4.74 Å². The van der Waals surface area contributed by atoms with Gasteiger partial charge in [0.05, 0.1) is 7.11 Å². The molecule has 84 valence electrons. The Kier molecular flexibility index (Phi) is 5.19. The van der Waals surface area contributed by atoms with E-state index in [2.05, 4.69) is 30.9 Å². The molecule has 0 saturated heterocycles. The van der Waals surface area contributed by atoms with E-state index in [1.807, 2.05) is 12.1 Å². The zero-order valence-electron chi connectivity index (χ0n) is 9.99. The van der Waals surface area contributed by atoms with Crippen molar-refractivity contribution in [3.8, 4) is 5.75 Å². The maximum Gasteiger partial charge on any atom is 0.123 e. The fraction of sp³-hybridized carbons (Fsp3) is 0.538. The van der Waals surface area contributed by atoms with E-state index < -0.39 is 0 Å². The van der Waals surface area contributed by atoms with E-state index in [0.717, 1.165) is 25.4 Å². The van der Waals surface area contributed by atoms with Crippen molar-refractivity contribution in [2.24, 2.45) is 0 Å². The van der Waals surface area contributed by atoms with Crippen LogP contribution in [0, 0.1) is 0 Å². The maximum absolute atomic E-state index is 5.34. The van der Waals surface area contributed by atoms with Crippen LogP contribution in [-0.2, 0) is 6.54 Å². The number of benzene rings is 1. The van der Waals surface area contributed by atoms with Gasteiger partial charge in [0.25, 0.3) is 0 Å². The molecule has 0 atom stereocenters. The quantitative estimate of drug-likeness (QED) is 0.711. The first-order chi connectivity index (χ1) is 7.31. The molecule has 2 heteroatoms. The number of nitrogens with zero attached hydrogens (tertiary/aromatic N) is 1. The molecule has 1 aromatic carbocycles. The van der Waals surface area contributed by atoms with E-state index in [-0.39, 0.29) is 0 Å². The number of hydrogen-bond donors (Lipinski definition) is 0. The van der Waals surface area contributed by atoms with Crippen LogP contribution in [0.3, 0.4) is 0 Å². The molecule has 0 N–H and O–H groups in total. The lowest BCUT2D eigenvalue weighted by atomic mass is 10.2. The molecule has 0 radical (unpaired) electrons. The molecule has 0 fully saturated rings. The minimum Gasteiger partial charge on any atom is -0.496 e. The highest BCUT2D eigenvalue weighted by Crippen LogP contribution is 2.19. The van der Waals surface area contributed by atoms with Crippen LogP contribution in [0.25, 0.3) is 0 Å². The Hall–Kier alpha value is -1.02. The van der Waals surface area contributed by atoms with Crippen LogP contribution >= 0.6 is 0 Å². The van der Waals surface area contributed by atoms with Crippen LogP contribution in [0.2, 0.25) is 0 Å². The monoisotopic (exact) mass is 207 g/mol. The van der Waals surface area contributed by atoms with Crippen LogP contribution in [0.15, 0.2) is 24.3 Å². The summed E-state index contributed by atoms with van der Waals surface area (Å²) in [5.74, 6) is 0.993. The molecule has 0 aliphatic heterocycles. The Morgan fingerprint density at radius 2 is 1.93 bits per heavy atom. The Balaban J connectivity index is 2.69. The first kappa shape index (κ1) is 12.1. The second-order valence-corrected chi connectivity index (χ2v) is 3.68. The third kappa shape index (κ3) is 3.56. The van der Waals surface area contributed by atoms with Crippen LogP contribution in [0.1, 0.15) is 25.8 Å². The summed E-state index contributed by atoms with van der Waals surface area (Å²) in [7, 11) is 1.73. The molecule has 0 spiro atoms. The summed E-state index contributed by atoms with van der Waals surface area (Å²) in [5.41, 5.74) is 1.27. The van der Waals surface area contributed by atoms with Crippen molar-refractivity contribution in [2.45, 2.75) is 26.8 Å². The molecule has 15 heavy (non-hydrogen) atoms.